The van der Waals surface area contributed by atoms with Crippen LogP contribution in [0.25, 0.3) is 16.8 Å². The van der Waals surface area contributed by atoms with Crippen LogP contribution in [0.4, 0.5) is 5.69 Å². The molecule has 0 atom stereocenters. The van der Waals surface area contributed by atoms with E-state index in [-0.39, 0.29) is 38.4 Å². The van der Waals surface area contributed by atoms with Gasteiger partial charge in [0.25, 0.3) is 21.6 Å². The van der Waals surface area contributed by atoms with Crippen molar-refractivity contribution in [2.45, 2.75) is 51.0 Å². The van der Waals surface area contributed by atoms with Crippen LogP contribution in [0.15, 0.2) is 94.6 Å². The van der Waals surface area contributed by atoms with Gasteiger partial charge in [-0.15, -0.1) is 5.10 Å². The van der Waals surface area contributed by atoms with Crippen molar-refractivity contribution >= 4 is 44.8 Å². The fraction of sp³-hybridized carbons (Fsp3) is 0.206. The number of amides is 1. The fourth-order valence-electron chi connectivity index (χ4n) is 5.16. The lowest BCUT2D eigenvalue weighted by Crippen LogP contribution is -2.31. The van der Waals surface area contributed by atoms with Crippen LogP contribution < -0.4 is 10.4 Å². The Kier molecular flexibility index (Phi) is 10.5. The first-order chi connectivity index (χ1) is 22.9. The third-order valence-electron chi connectivity index (χ3n) is 7.75. The first-order valence-electron chi connectivity index (χ1n) is 15.1. The summed E-state index contributed by atoms with van der Waals surface area (Å²) in [5.74, 6) is -0.357. The van der Waals surface area contributed by atoms with Crippen LogP contribution in [-0.4, -0.2) is 33.6 Å². The monoisotopic (exact) mass is 707 g/mol. The summed E-state index contributed by atoms with van der Waals surface area (Å²) in [4.78, 5) is 37.3. The Morgan fingerprint density at radius 1 is 0.938 bits per heavy atom. The lowest BCUT2D eigenvalue weighted by atomic mass is 10.0. The van der Waals surface area contributed by atoms with Gasteiger partial charge in [0.15, 0.2) is 0 Å². The SMILES string of the molecule is CCCCc1nn(-c2cc([N+](=O)[O-])ccc2Cl)c(=O)n1Cc1ccc(-c2cc(CC)ccc2S(=O)(=O)NC(=O)c2ccccc2Cl)cc1. The highest BCUT2D eigenvalue weighted by Gasteiger charge is 2.24. The van der Waals surface area contributed by atoms with E-state index in [9.17, 15) is 28.1 Å². The van der Waals surface area contributed by atoms with Gasteiger partial charge in [-0.2, -0.15) is 4.68 Å². The molecule has 0 bridgehead atoms. The van der Waals surface area contributed by atoms with E-state index >= 15 is 0 Å². The zero-order valence-corrected chi connectivity index (χ0v) is 28.3. The number of rotatable bonds is 12. The molecular weight excluding hydrogens is 677 g/mol. The Bertz CT molecular complexity index is 2180. The van der Waals surface area contributed by atoms with Gasteiger partial charge in [0.2, 0.25) is 0 Å². The molecular formula is C34H31Cl2N5O6S. The van der Waals surface area contributed by atoms with Crippen LogP contribution in [0.2, 0.25) is 10.0 Å². The van der Waals surface area contributed by atoms with Crippen LogP contribution >= 0.6 is 23.2 Å². The highest BCUT2D eigenvalue weighted by atomic mass is 35.5. The van der Waals surface area contributed by atoms with Gasteiger partial charge in [0, 0.05) is 24.1 Å². The average Bonchev–Trinajstić information content (AvgIpc) is 3.37. The molecule has 0 unspecified atom stereocenters. The van der Waals surface area contributed by atoms with Gasteiger partial charge in [-0.05, 0) is 59.9 Å². The van der Waals surface area contributed by atoms with Crippen molar-refractivity contribution in [3.05, 3.63) is 138 Å². The second kappa shape index (κ2) is 14.5. The van der Waals surface area contributed by atoms with Crippen molar-refractivity contribution in [2.24, 2.45) is 0 Å². The van der Waals surface area contributed by atoms with Crippen LogP contribution in [0, 0.1) is 10.1 Å². The minimum absolute atomic E-state index is 0.0310. The second-order valence-electron chi connectivity index (χ2n) is 11.0. The number of hydrogen-bond acceptors (Lipinski definition) is 7. The van der Waals surface area contributed by atoms with Gasteiger partial charge >= 0.3 is 5.69 Å². The summed E-state index contributed by atoms with van der Waals surface area (Å²) in [5.41, 5.74) is 2.00. The second-order valence-corrected chi connectivity index (χ2v) is 13.5. The average molecular weight is 709 g/mol. The molecule has 1 aromatic heterocycles. The number of nitrogens with one attached hydrogen (secondary N) is 1. The molecule has 11 nitrogen and oxygen atoms in total. The molecule has 248 valence electrons. The molecule has 0 aliphatic rings. The van der Waals surface area contributed by atoms with Gasteiger partial charge in [0.05, 0.1) is 37.7 Å². The van der Waals surface area contributed by atoms with Gasteiger partial charge in [-0.25, -0.2) is 17.9 Å². The first-order valence-corrected chi connectivity index (χ1v) is 17.3. The molecule has 0 saturated heterocycles. The predicted octanol–water partition coefficient (Wildman–Crippen LogP) is 6.99. The van der Waals surface area contributed by atoms with Gasteiger partial charge in [-0.1, -0.05) is 85.9 Å². The van der Waals surface area contributed by atoms with Gasteiger partial charge in [-0.3, -0.25) is 19.5 Å². The number of sulfonamides is 1. The number of nitrogens with zero attached hydrogens (tertiary/aromatic N) is 4. The zero-order valence-electron chi connectivity index (χ0n) is 26.0. The third-order valence-corrected chi connectivity index (χ3v) is 9.79. The van der Waals surface area contributed by atoms with Crippen molar-refractivity contribution in [1.29, 1.82) is 0 Å². The number of aromatic nitrogens is 3. The molecule has 14 heteroatoms. The summed E-state index contributed by atoms with van der Waals surface area (Å²) in [6.07, 6.45) is 2.76. The molecule has 0 radical (unpaired) electrons. The van der Waals surface area contributed by atoms with E-state index in [1.807, 2.05) is 13.8 Å². The van der Waals surface area contributed by atoms with Crippen LogP contribution in [0.1, 0.15) is 54.0 Å². The highest BCUT2D eigenvalue weighted by Crippen LogP contribution is 2.30. The minimum atomic E-state index is -4.31. The van der Waals surface area contributed by atoms with E-state index in [4.69, 9.17) is 23.2 Å². The molecule has 48 heavy (non-hydrogen) atoms. The first kappa shape index (κ1) is 34.6. The summed E-state index contributed by atoms with van der Waals surface area (Å²) < 4.78 is 31.8. The van der Waals surface area contributed by atoms with Crippen LogP contribution in [0.5, 0.6) is 0 Å². The van der Waals surface area contributed by atoms with E-state index in [1.165, 1.54) is 41.0 Å². The maximum Gasteiger partial charge on any atom is 0.351 e. The number of nitro groups is 1. The minimum Gasteiger partial charge on any atom is -0.274 e. The normalized spacial score (nSPS) is 11.4. The Morgan fingerprint density at radius 2 is 1.65 bits per heavy atom. The zero-order chi connectivity index (χ0) is 34.6. The third kappa shape index (κ3) is 7.35. The number of benzene rings is 4. The molecule has 0 aliphatic heterocycles. The number of carbonyl (C=O) groups excluding carboxylic acids is 1. The quantitative estimate of drug-likeness (QED) is 0.109. The predicted molar refractivity (Wildman–Crippen MR) is 185 cm³/mol. The van der Waals surface area contributed by atoms with Gasteiger partial charge in [0.1, 0.15) is 5.82 Å². The van der Waals surface area contributed by atoms with Crippen molar-refractivity contribution in [1.82, 2.24) is 19.1 Å². The summed E-state index contributed by atoms with van der Waals surface area (Å²) in [6, 6.07) is 22.0. The van der Waals surface area contributed by atoms with Gasteiger partial charge < -0.3 is 0 Å². The summed E-state index contributed by atoms with van der Waals surface area (Å²) in [7, 11) is -4.31. The Morgan fingerprint density at radius 3 is 2.31 bits per heavy atom. The maximum absolute atomic E-state index is 13.6. The number of nitro benzene ring substituents is 1. The molecule has 1 N–H and O–H groups in total. The van der Waals surface area contributed by atoms with Crippen LogP contribution in [-0.2, 0) is 29.4 Å². The summed E-state index contributed by atoms with van der Waals surface area (Å²) in [5, 5.41) is 16.2. The fourth-order valence-corrected chi connectivity index (χ4v) is 6.75. The lowest BCUT2D eigenvalue weighted by Gasteiger charge is -2.14. The summed E-state index contributed by atoms with van der Waals surface area (Å²) >= 11 is 12.5. The molecule has 4 aromatic carbocycles. The van der Waals surface area contributed by atoms with Crippen LogP contribution in [0.3, 0.4) is 0 Å². The number of halogens is 2. The molecule has 1 amide bonds. The number of unbranched alkanes of at least 4 members (excludes halogenated alkanes) is 1. The standard InChI is InChI=1S/C34H31Cl2N5O6S/c1-3-5-10-32-37-40(30-20-25(41(44)45)16-17-29(30)36)34(43)39(32)21-23-11-14-24(15-12-23)27-19-22(4-2)13-18-31(27)48(46,47)38-33(42)26-8-6-7-9-28(26)35/h6-9,11-20H,3-5,10,21H2,1-2H3,(H,38,42). The smallest absolute Gasteiger partial charge is 0.274 e. The summed E-state index contributed by atoms with van der Waals surface area (Å²) in [6.45, 7) is 4.10. The molecule has 0 saturated carbocycles. The van der Waals surface area contributed by atoms with Crippen molar-refractivity contribution in [2.75, 3.05) is 0 Å². The van der Waals surface area contributed by atoms with E-state index in [0.29, 0.717) is 29.8 Å². The van der Waals surface area contributed by atoms with Crippen molar-refractivity contribution < 1.29 is 18.1 Å². The van der Waals surface area contributed by atoms with E-state index in [0.717, 1.165) is 28.7 Å². The number of hydrogen-bond donors (Lipinski definition) is 1. The Balaban J connectivity index is 1.49. The largest absolute Gasteiger partial charge is 0.351 e. The van der Waals surface area contributed by atoms with E-state index in [1.54, 1.807) is 48.5 Å². The lowest BCUT2D eigenvalue weighted by molar-refractivity contribution is -0.384. The Hall–Kier alpha value is -4.78. The topological polar surface area (TPSA) is 146 Å². The van der Waals surface area contributed by atoms with E-state index < -0.39 is 26.5 Å². The molecule has 0 spiro atoms. The molecule has 0 fully saturated rings. The van der Waals surface area contributed by atoms with Crippen molar-refractivity contribution in [3.8, 4) is 16.8 Å². The number of non-ortho nitro benzene ring substituents is 1. The molecule has 1 heterocycles. The number of aryl methyl sites for hydroxylation is 2. The maximum atomic E-state index is 13.6. The van der Waals surface area contributed by atoms with Crippen molar-refractivity contribution in [3.63, 3.8) is 0 Å². The highest BCUT2D eigenvalue weighted by molar-refractivity contribution is 7.90. The Labute approximate surface area is 287 Å². The number of carbonyl (C=O) groups is 1. The molecule has 5 rings (SSSR count). The molecule has 0 aliphatic carbocycles. The molecule has 5 aromatic rings. The van der Waals surface area contributed by atoms with E-state index in [2.05, 4.69) is 9.82 Å².